The zero-order valence-corrected chi connectivity index (χ0v) is 8.02. The van der Waals surface area contributed by atoms with E-state index < -0.39 is 6.10 Å². The van der Waals surface area contributed by atoms with Gasteiger partial charge in [-0.3, -0.25) is 0 Å². The van der Waals surface area contributed by atoms with Crippen molar-refractivity contribution in [2.75, 3.05) is 6.54 Å². The lowest BCUT2D eigenvalue weighted by molar-refractivity contribution is -0.385. The van der Waals surface area contributed by atoms with Crippen LogP contribution in [0.15, 0.2) is 24.3 Å². The van der Waals surface area contributed by atoms with E-state index in [1.807, 2.05) is 12.1 Å². The normalized spacial score (nSPS) is 11.9. The number of aliphatic hydroxyl groups is 1. The summed E-state index contributed by atoms with van der Waals surface area (Å²) in [6.07, 6.45) is -0.492. The van der Waals surface area contributed by atoms with Gasteiger partial charge >= 0.3 is 0 Å². The summed E-state index contributed by atoms with van der Waals surface area (Å²) in [5, 5.41) is 9.98. The fourth-order valence-corrected chi connectivity index (χ4v) is 1.08. The van der Waals surface area contributed by atoms with Gasteiger partial charge in [0.25, 0.3) is 0 Å². The summed E-state index contributed by atoms with van der Waals surface area (Å²) in [5.74, 6) is 0. The Morgan fingerprint density at radius 1 is 1.50 bits per heavy atom. The summed E-state index contributed by atoms with van der Waals surface area (Å²) in [5.41, 5.74) is 4.42. The molecule has 1 rings (SSSR count). The molecule has 4 N–H and O–H groups in total. The number of halogens is 2. The highest BCUT2D eigenvalue weighted by Crippen LogP contribution is 2.15. The van der Waals surface area contributed by atoms with E-state index in [1.165, 1.54) is 0 Å². The van der Waals surface area contributed by atoms with E-state index in [0.717, 1.165) is 5.56 Å². The lowest BCUT2D eigenvalue weighted by Gasteiger charge is -2.05. The van der Waals surface area contributed by atoms with E-state index in [2.05, 4.69) is 5.73 Å². The van der Waals surface area contributed by atoms with Crippen molar-refractivity contribution in [1.82, 2.24) is 0 Å². The molecule has 0 saturated heterocycles. The van der Waals surface area contributed by atoms with Crippen LogP contribution in [0.4, 0.5) is 0 Å². The molecule has 1 aromatic rings. The minimum Gasteiger partial charge on any atom is -1.00 e. The Hall–Kier alpha value is -0.280. The number of hydrogen-bond acceptors (Lipinski definition) is 1. The van der Waals surface area contributed by atoms with Crippen LogP contribution >= 0.6 is 11.6 Å². The standard InChI is InChI=1S/C8H10ClNO.ClH/c9-7-3-1-2-6(4-7)8(11)5-10;/h1-4,8,11H,5,10H2;1H/t8-;/m0./s1. The molecule has 0 fully saturated rings. The van der Waals surface area contributed by atoms with Crippen molar-refractivity contribution >= 4 is 11.6 Å². The summed E-state index contributed by atoms with van der Waals surface area (Å²) < 4.78 is 0. The zero-order chi connectivity index (χ0) is 8.27. The van der Waals surface area contributed by atoms with Crippen molar-refractivity contribution in [1.29, 1.82) is 0 Å². The van der Waals surface area contributed by atoms with Gasteiger partial charge in [-0.1, -0.05) is 23.7 Å². The second-order valence-electron chi connectivity index (χ2n) is 2.36. The first kappa shape index (κ1) is 11.7. The third-order valence-corrected chi connectivity index (χ3v) is 1.74. The monoisotopic (exact) mass is 207 g/mol. The van der Waals surface area contributed by atoms with Gasteiger partial charge in [-0.2, -0.15) is 0 Å². The Labute approximate surface area is 82.8 Å². The first-order valence-electron chi connectivity index (χ1n) is 3.47. The van der Waals surface area contributed by atoms with Crippen LogP contribution in [-0.2, 0) is 0 Å². The molecule has 0 spiro atoms. The Balaban J connectivity index is 0.00000121. The van der Waals surface area contributed by atoms with Gasteiger partial charge in [-0.25, -0.2) is 0 Å². The molecule has 0 aromatic heterocycles. The number of hydrogen-bond donors (Lipinski definition) is 2. The quantitative estimate of drug-likeness (QED) is 0.560. The van der Waals surface area contributed by atoms with Crippen LogP contribution in [0.2, 0.25) is 5.02 Å². The second kappa shape index (κ2) is 5.38. The summed E-state index contributed by atoms with van der Waals surface area (Å²) in [6, 6.07) is 7.18. The van der Waals surface area contributed by atoms with E-state index in [4.69, 9.17) is 11.6 Å². The van der Waals surface area contributed by atoms with Gasteiger partial charge in [-0.15, -0.1) is 0 Å². The smallest absolute Gasteiger partial charge is 0.128 e. The predicted octanol–water partition coefficient (Wildman–Crippen LogP) is -2.38. The Morgan fingerprint density at radius 2 is 2.17 bits per heavy atom. The van der Waals surface area contributed by atoms with Crippen molar-refractivity contribution in [2.45, 2.75) is 6.10 Å². The second-order valence-corrected chi connectivity index (χ2v) is 2.80. The van der Waals surface area contributed by atoms with Crippen molar-refractivity contribution in [3.05, 3.63) is 34.9 Å². The fourth-order valence-electron chi connectivity index (χ4n) is 0.881. The molecule has 0 unspecified atom stereocenters. The fraction of sp³-hybridized carbons (Fsp3) is 0.250. The van der Waals surface area contributed by atoms with Crippen LogP contribution < -0.4 is 18.1 Å². The molecule has 0 heterocycles. The summed E-state index contributed by atoms with van der Waals surface area (Å²) in [6.45, 7) is 0.473. The first-order chi connectivity index (χ1) is 5.24. The first-order valence-corrected chi connectivity index (χ1v) is 3.84. The Bertz CT molecular complexity index is 242. The maximum atomic E-state index is 9.33. The Morgan fingerprint density at radius 3 is 2.67 bits per heavy atom. The molecule has 0 aliphatic carbocycles. The summed E-state index contributed by atoms with van der Waals surface area (Å²) in [4.78, 5) is 0. The van der Waals surface area contributed by atoms with Crippen LogP contribution in [0.5, 0.6) is 0 Å². The van der Waals surface area contributed by atoms with E-state index in [1.54, 1.807) is 12.1 Å². The largest absolute Gasteiger partial charge is 1.00 e. The Kier molecular flexibility index (Phi) is 5.25. The molecule has 0 amide bonds. The molecule has 0 radical (unpaired) electrons. The molecule has 0 aliphatic heterocycles. The van der Waals surface area contributed by atoms with Crippen molar-refractivity contribution in [3.63, 3.8) is 0 Å². The molecule has 12 heavy (non-hydrogen) atoms. The third-order valence-electron chi connectivity index (χ3n) is 1.51. The minimum absolute atomic E-state index is 0. The molecular formula is C8H11Cl2NO. The molecule has 2 nitrogen and oxygen atoms in total. The van der Waals surface area contributed by atoms with Gasteiger partial charge in [-0.05, 0) is 17.7 Å². The van der Waals surface area contributed by atoms with Gasteiger partial charge in [0.1, 0.15) is 12.6 Å². The number of quaternary nitrogens is 1. The summed E-state index contributed by atoms with van der Waals surface area (Å²) >= 11 is 5.71. The molecule has 0 bridgehead atoms. The van der Waals surface area contributed by atoms with Gasteiger partial charge in [0.2, 0.25) is 0 Å². The van der Waals surface area contributed by atoms with Gasteiger partial charge in [0, 0.05) is 5.02 Å². The van der Waals surface area contributed by atoms with Crippen molar-refractivity contribution < 1.29 is 23.2 Å². The molecule has 68 valence electrons. The minimum atomic E-state index is -0.492. The average molecular weight is 208 g/mol. The average Bonchev–Trinajstić information content (AvgIpc) is 2.03. The molecular weight excluding hydrogens is 197 g/mol. The van der Waals surface area contributed by atoms with E-state index in [-0.39, 0.29) is 12.4 Å². The van der Waals surface area contributed by atoms with Crippen LogP contribution in [0, 0.1) is 0 Å². The SMILES string of the molecule is [Cl-].[NH3+]C[C@H](O)c1cccc(Cl)c1. The van der Waals surface area contributed by atoms with Gasteiger partial charge < -0.3 is 23.2 Å². The lowest BCUT2D eigenvalue weighted by Crippen LogP contribution is -3.00. The lowest BCUT2D eigenvalue weighted by atomic mass is 10.1. The molecule has 4 heteroatoms. The van der Waals surface area contributed by atoms with E-state index >= 15 is 0 Å². The van der Waals surface area contributed by atoms with Crippen molar-refractivity contribution in [3.8, 4) is 0 Å². The highest BCUT2D eigenvalue weighted by molar-refractivity contribution is 6.30. The molecule has 1 aromatic carbocycles. The van der Waals surface area contributed by atoms with Crippen molar-refractivity contribution in [2.24, 2.45) is 0 Å². The third kappa shape index (κ3) is 2.99. The number of benzene rings is 1. The maximum Gasteiger partial charge on any atom is 0.128 e. The highest BCUT2D eigenvalue weighted by atomic mass is 35.5. The molecule has 0 aliphatic rings. The van der Waals surface area contributed by atoms with E-state index in [9.17, 15) is 5.11 Å². The van der Waals surface area contributed by atoms with E-state index in [0.29, 0.717) is 11.6 Å². The maximum absolute atomic E-state index is 9.33. The van der Waals surface area contributed by atoms with Crippen LogP contribution in [0.1, 0.15) is 11.7 Å². The predicted molar refractivity (Wildman–Crippen MR) is 44.2 cm³/mol. The summed E-state index contributed by atoms with van der Waals surface area (Å²) in [7, 11) is 0. The topological polar surface area (TPSA) is 47.9 Å². The zero-order valence-electron chi connectivity index (χ0n) is 6.50. The van der Waals surface area contributed by atoms with Gasteiger partial charge in [0.05, 0.1) is 0 Å². The number of rotatable bonds is 2. The number of aliphatic hydroxyl groups excluding tert-OH is 1. The molecule has 0 saturated carbocycles. The van der Waals surface area contributed by atoms with Gasteiger partial charge in [0.15, 0.2) is 0 Å². The van der Waals surface area contributed by atoms with Crippen LogP contribution in [-0.4, -0.2) is 11.7 Å². The van der Waals surface area contributed by atoms with Crippen LogP contribution in [0.25, 0.3) is 0 Å². The molecule has 1 atom stereocenters. The van der Waals surface area contributed by atoms with Crippen LogP contribution in [0.3, 0.4) is 0 Å². The highest BCUT2D eigenvalue weighted by Gasteiger charge is 2.05.